The van der Waals surface area contributed by atoms with Crippen molar-refractivity contribution in [2.24, 2.45) is 0 Å². The lowest BCUT2D eigenvalue weighted by Crippen LogP contribution is -2.14. The van der Waals surface area contributed by atoms with E-state index in [9.17, 15) is 4.79 Å². The molecule has 0 saturated carbocycles. The number of hydrogen-bond donors (Lipinski definition) is 2. The lowest BCUT2D eigenvalue weighted by molar-refractivity contribution is 0.102. The summed E-state index contributed by atoms with van der Waals surface area (Å²) in [4.78, 5) is 20.8. The molecular weight excluding hydrogens is 326 g/mol. The number of nitriles is 1. The van der Waals surface area contributed by atoms with E-state index in [1.807, 2.05) is 38.1 Å². The van der Waals surface area contributed by atoms with Crippen LogP contribution >= 0.6 is 0 Å². The molecule has 0 aliphatic carbocycles. The average molecular weight is 343 g/mol. The molecular formula is C20H17N5O. The van der Waals surface area contributed by atoms with Crippen LogP contribution in [0.1, 0.15) is 27.2 Å². The first kappa shape index (κ1) is 17.1. The Kier molecular flexibility index (Phi) is 4.90. The normalized spacial score (nSPS) is 10.0. The minimum atomic E-state index is -0.347. The monoisotopic (exact) mass is 343 g/mol. The van der Waals surface area contributed by atoms with Gasteiger partial charge in [0.25, 0.3) is 5.91 Å². The molecule has 2 aromatic carbocycles. The van der Waals surface area contributed by atoms with Crippen molar-refractivity contribution >= 4 is 23.2 Å². The fourth-order valence-corrected chi connectivity index (χ4v) is 2.32. The number of anilines is 3. The number of nitrogens with one attached hydrogen (secondary N) is 2. The molecule has 1 heterocycles. The summed E-state index contributed by atoms with van der Waals surface area (Å²) < 4.78 is 0. The first-order valence-electron chi connectivity index (χ1n) is 8.04. The summed E-state index contributed by atoms with van der Waals surface area (Å²) in [5, 5.41) is 14.7. The topological polar surface area (TPSA) is 90.7 Å². The summed E-state index contributed by atoms with van der Waals surface area (Å²) in [5.74, 6) is 0.000904. The van der Waals surface area contributed by atoms with Crippen molar-refractivity contribution in [3.63, 3.8) is 0 Å². The number of benzene rings is 2. The zero-order valence-electron chi connectivity index (χ0n) is 14.4. The van der Waals surface area contributed by atoms with E-state index < -0.39 is 0 Å². The van der Waals surface area contributed by atoms with Crippen molar-refractivity contribution < 1.29 is 4.79 Å². The average Bonchev–Trinajstić information content (AvgIpc) is 2.65. The van der Waals surface area contributed by atoms with E-state index in [1.165, 1.54) is 11.8 Å². The fourth-order valence-electron chi connectivity index (χ4n) is 2.32. The van der Waals surface area contributed by atoms with Crippen molar-refractivity contribution in [2.75, 3.05) is 10.6 Å². The molecule has 3 aromatic rings. The van der Waals surface area contributed by atoms with Crippen LogP contribution < -0.4 is 10.6 Å². The molecule has 3 rings (SSSR count). The Hall–Kier alpha value is -3.72. The second-order valence-electron chi connectivity index (χ2n) is 5.83. The maximum Gasteiger partial charge on any atom is 0.274 e. The molecule has 128 valence electrons. The SMILES string of the molecule is Cc1ccc(Nc2nccc(C(=O)Nc3ccc(C#N)cc3)n2)cc1C. The van der Waals surface area contributed by atoms with Crippen LogP contribution in [-0.2, 0) is 0 Å². The second-order valence-corrected chi connectivity index (χ2v) is 5.83. The zero-order chi connectivity index (χ0) is 18.5. The molecule has 0 unspecified atom stereocenters. The number of aryl methyl sites for hydroxylation is 2. The lowest BCUT2D eigenvalue weighted by Gasteiger charge is -2.09. The van der Waals surface area contributed by atoms with Crippen LogP contribution in [-0.4, -0.2) is 15.9 Å². The van der Waals surface area contributed by atoms with Gasteiger partial charge >= 0.3 is 0 Å². The molecule has 0 fully saturated rings. The van der Waals surface area contributed by atoms with E-state index in [4.69, 9.17) is 5.26 Å². The maximum atomic E-state index is 12.4. The molecule has 0 aliphatic heterocycles. The van der Waals surface area contributed by atoms with Gasteiger partial charge in [-0.3, -0.25) is 4.79 Å². The van der Waals surface area contributed by atoms with Gasteiger partial charge in [-0.2, -0.15) is 5.26 Å². The van der Waals surface area contributed by atoms with Gasteiger partial charge in [0.1, 0.15) is 5.69 Å². The third-order valence-corrected chi connectivity index (χ3v) is 3.92. The third kappa shape index (κ3) is 4.02. The van der Waals surface area contributed by atoms with E-state index in [1.54, 1.807) is 30.3 Å². The van der Waals surface area contributed by atoms with Crippen LogP contribution in [0.25, 0.3) is 0 Å². The number of rotatable bonds is 4. The Morgan fingerprint density at radius 2 is 1.73 bits per heavy atom. The number of carbonyl (C=O) groups is 1. The first-order valence-corrected chi connectivity index (χ1v) is 8.04. The van der Waals surface area contributed by atoms with Crippen molar-refractivity contribution in [1.82, 2.24) is 9.97 Å². The number of nitrogens with zero attached hydrogens (tertiary/aromatic N) is 3. The quantitative estimate of drug-likeness (QED) is 0.748. The molecule has 26 heavy (non-hydrogen) atoms. The first-order chi connectivity index (χ1) is 12.5. The van der Waals surface area contributed by atoms with Gasteiger partial charge in [0.15, 0.2) is 0 Å². The van der Waals surface area contributed by atoms with Crippen molar-refractivity contribution in [1.29, 1.82) is 5.26 Å². The minimum Gasteiger partial charge on any atom is -0.324 e. The van der Waals surface area contributed by atoms with Crippen molar-refractivity contribution in [2.45, 2.75) is 13.8 Å². The molecule has 0 atom stereocenters. The van der Waals surface area contributed by atoms with Gasteiger partial charge in [0, 0.05) is 17.6 Å². The van der Waals surface area contributed by atoms with Crippen LogP contribution in [0.2, 0.25) is 0 Å². The minimum absolute atomic E-state index is 0.246. The van der Waals surface area contributed by atoms with Crippen molar-refractivity contribution in [3.8, 4) is 6.07 Å². The highest BCUT2D eigenvalue weighted by Gasteiger charge is 2.10. The largest absolute Gasteiger partial charge is 0.324 e. The van der Waals surface area contributed by atoms with Crippen molar-refractivity contribution in [3.05, 3.63) is 77.1 Å². The Morgan fingerprint density at radius 3 is 2.42 bits per heavy atom. The summed E-state index contributed by atoms with van der Waals surface area (Å²) in [6.07, 6.45) is 1.53. The molecule has 0 aliphatic rings. The molecule has 0 bridgehead atoms. The number of amides is 1. The Bertz CT molecular complexity index is 990. The third-order valence-electron chi connectivity index (χ3n) is 3.92. The predicted molar refractivity (Wildman–Crippen MR) is 100 cm³/mol. The molecule has 0 radical (unpaired) electrons. The highest BCUT2D eigenvalue weighted by molar-refractivity contribution is 6.03. The van der Waals surface area contributed by atoms with E-state index in [0.29, 0.717) is 17.2 Å². The molecule has 6 heteroatoms. The number of carbonyl (C=O) groups excluding carboxylic acids is 1. The van der Waals surface area contributed by atoms with Crippen LogP contribution in [0.4, 0.5) is 17.3 Å². The number of aromatic nitrogens is 2. The summed E-state index contributed by atoms with van der Waals surface area (Å²) >= 11 is 0. The summed E-state index contributed by atoms with van der Waals surface area (Å²) in [6, 6.07) is 16.2. The van der Waals surface area contributed by atoms with Gasteiger partial charge in [0.2, 0.25) is 5.95 Å². The highest BCUT2D eigenvalue weighted by Crippen LogP contribution is 2.17. The molecule has 0 saturated heterocycles. The van der Waals surface area contributed by atoms with Crippen LogP contribution in [0.5, 0.6) is 0 Å². The molecule has 1 aromatic heterocycles. The van der Waals surface area contributed by atoms with Gasteiger partial charge in [-0.1, -0.05) is 6.07 Å². The van der Waals surface area contributed by atoms with Gasteiger partial charge in [-0.15, -0.1) is 0 Å². The molecule has 6 nitrogen and oxygen atoms in total. The molecule has 0 spiro atoms. The zero-order valence-corrected chi connectivity index (χ0v) is 14.4. The smallest absolute Gasteiger partial charge is 0.274 e. The van der Waals surface area contributed by atoms with Crippen LogP contribution in [0, 0.1) is 25.2 Å². The van der Waals surface area contributed by atoms with E-state index in [2.05, 4.69) is 20.6 Å². The Balaban J connectivity index is 1.74. The molecule has 1 amide bonds. The van der Waals surface area contributed by atoms with E-state index in [-0.39, 0.29) is 11.6 Å². The highest BCUT2D eigenvalue weighted by atomic mass is 16.1. The van der Waals surface area contributed by atoms with Gasteiger partial charge in [-0.05, 0) is 67.4 Å². The van der Waals surface area contributed by atoms with E-state index in [0.717, 1.165) is 11.3 Å². The van der Waals surface area contributed by atoms with Gasteiger partial charge in [0.05, 0.1) is 11.6 Å². The van der Waals surface area contributed by atoms with Crippen LogP contribution in [0.15, 0.2) is 54.7 Å². The lowest BCUT2D eigenvalue weighted by atomic mass is 10.1. The Morgan fingerprint density at radius 1 is 1.00 bits per heavy atom. The fraction of sp³-hybridized carbons (Fsp3) is 0.100. The predicted octanol–water partition coefficient (Wildman–Crippen LogP) is 3.96. The Labute approximate surface area is 151 Å². The number of hydrogen-bond acceptors (Lipinski definition) is 5. The second kappa shape index (κ2) is 7.45. The standard InChI is InChI=1S/C20H17N5O/c1-13-3-6-17(11-14(13)2)24-20-22-10-9-18(25-20)19(26)23-16-7-4-15(12-21)5-8-16/h3-11H,1-2H3,(H,23,26)(H,22,24,25). The van der Waals surface area contributed by atoms with E-state index >= 15 is 0 Å². The summed E-state index contributed by atoms with van der Waals surface area (Å²) in [7, 11) is 0. The maximum absolute atomic E-state index is 12.4. The summed E-state index contributed by atoms with van der Waals surface area (Å²) in [6.45, 7) is 4.08. The van der Waals surface area contributed by atoms with Gasteiger partial charge < -0.3 is 10.6 Å². The van der Waals surface area contributed by atoms with Gasteiger partial charge in [-0.25, -0.2) is 9.97 Å². The molecule has 2 N–H and O–H groups in total. The van der Waals surface area contributed by atoms with Crippen LogP contribution in [0.3, 0.4) is 0 Å². The summed E-state index contributed by atoms with van der Waals surface area (Å²) in [5.41, 5.74) is 4.59.